The number of hydrogen-bond donors (Lipinski definition) is 1. The van der Waals surface area contributed by atoms with Crippen molar-refractivity contribution in [3.8, 4) is 5.75 Å². The lowest BCUT2D eigenvalue weighted by Crippen LogP contribution is -2.51. The first-order chi connectivity index (χ1) is 13.0. The number of carbonyl (C=O) groups is 2. The zero-order valence-electron chi connectivity index (χ0n) is 14.9. The maximum absolute atomic E-state index is 14.1. The average Bonchev–Trinajstić information content (AvgIpc) is 2.68. The number of nitrogens with zero attached hydrogens (tertiary/aromatic N) is 1. The van der Waals surface area contributed by atoms with Crippen molar-refractivity contribution in [2.24, 2.45) is 0 Å². The van der Waals surface area contributed by atoms with Gasteiger partial charge in [-0.1, -0.05) is 36.7 Å². The van der Waals surface area contributed by atoms with Crippen LogP contribution in [0.1, 0.15) is 18.9 Å². The molecule has 1 N–H and O–H groups in total. The van der Waals surface area contributed by atoms with Gasteiger partial charge in [-0.3, -0.25) is 9.59 Å². The van der Waals surface area contributed by atoms with Crippen molar-refractivity contribution >= 4 is 29.1 Å². The number of amides is 2. The molecule has 0 unspecified atom stereocenters. The van der Waals surface area contributed by atoms with Crippen molar-refractivity contribution in [3.63, 3.8) is 0 Å². The molecule has 0 fully saturated rings. The van der Waals surface area contributed by atoms with Crippen molar-refractivity contribution in [1.29, 1.82) is 0 Å². The minimum Gasteiger partial charge on any atom is -0.477 e. The van der Waals surface area contributed by atoms with Crippen LogP contribution >= 0.6 is 11.6 Å². The fraction of sp³-hybridized carbons (Fsp3) is 0.300. The van der Waals surface area contributed by atoms with Crippen molar-refractivity contribution in [1.82, 2.24) is 5.32 Å². The number of carbonyl (C=O) groups excluding carboxylic acids is 2. The molecule has 3 rings (SSSR count). The average molecular weight is 391 g/mol. The summed E-state index contributed by atoms with van der Waals surface area (Å²) >= 11 is 6.05. The maximum Gasteiger partial charge on any atom is 0.262 e. The second-order valence-electron chi connectivity index (χ2n) is 6.25. The molecule has 1 aliphatic heterocycles. The summed E-state index contributed by atoms with van der Waals surface area (Å²) in [5.74, 6) is -0.734. The van der Waals surface area contributed by atoms with Gasteiger partial charge in [0.25, 0.3) is 5.91 Å². The molecule has 0 bridgehead atoms. The molecule has 1 atom stereocenters. The highest BCUT2D eigenvalue weighted by atomic mass is 35.5. The molecule has 1 aliphatic rings. The number of para-hydroxylation sites is 2. The minimum atomic E-state index is -0.827. The summed E-state index contributed by atoms with van der Waals surface area (Å²) in [4.78, 5) is 26.7. The Bertz CT molecular complexity index is 839. The summed E-state index contributed by atoms with van der Waals surface area (Å²) < 4.78 is 19.8. The van der Waals surface area contributed by atoms with Gasteiger partial charge in [0, 0.05) is 17.1 Å². The number of hydrogen-bond acceptors (Lipinski definition) is 3. The summed E-state index contributed by atoms with van der Waals surface area (Å²) in [6.07, 6.45) is -0.237. The molecule has 5 nitrogen and oxygen atoms in total. The molecule has 2 amide bonds. The maximum atomic E-state index is 14.1. The van der Waals surface area contributed by atoms with Gasteiger partial charge in [-0.2, -0.15) is 0 Å². The van der Waals surface area contributed by atoms with E-state index in [2.05, 4.69) is 5.32 Å². The molecule has 27 heavy (non-hydrogen) atoms. The van der Waals surface area contributed by atoms with Crippen LogP contribution in [0.3, 0.4) is 0 Å². The van der Waals surface area contributed by atoms with Crippen molar-refractivity contribution < 1.29 is 18.7 Å². The standard InChI is InChI=1S/C20H20ClFN2O3/c1-2-10-23-20(26)18-12-24(16-8-3-4-9-17(16)27-18)19(25)11-13-14(21)6-5-7-15(13)22/h3-9,18H,2,10-12H2,1H3,(H,23,26)/t18-/m0/s1. The monoisotopic (exact) mass is 390 g/mol. The molecular weight excluding hydrogens is 371 g/mol. The summed E-state index contributed by atoms with van der Waals surface area (Å²) in [6, 6.07) is 11.3. The zero-order chi connectivity index (χ0) is 19.4. The number of benzene rings is 2. The molecule has 7 heteroatoms. The number of nitrogens with one attached hydrogen (secondary N) is 1. The van der Waals surface area contributed by atoms with E-state index in [4.69, 9.17) is 16.3 Å². The molecule has 142 valence electrons. The Balaban J connectivity index is 1.86. The van der Waals surface area contributed by atoms with E-state index in [0.29, 0.717) is 18.0 Å². The van der Waals surface area contributed by atoms with E-state index in [0.717, 1.165) is 6.42 Å². The van der Waals surface area contributed by atoms with Crippen molar-refractivity contribution in [2.75, 3.05) is 18.0 Å². The predicted octanol–water partition coefficient (Wildman–Crippen LogP) is 3.34. The van der Waals surface area contributed by atoms with E-state index in [1.165, 1.54) is 17.0 Å². The number of anilines is 1. The molecule has 1 heterocycles. The van der Waals surface area contributed by atoms with Crippen LogP contribution in [0.4, 0.5) is 10.1 Å². The second kappa shape index (κ2) is 8.39. The van der Waals surface area contributed by atoms with Crippen molar-refractivity contribution in [2.45, 2.75) is 25.9 Å². The van der Waals surface area contributed by atoms with E-state index in [1.807, 2.05) is 6.92 Å². The number of halogens is 2. The van der Waals surface area contributed by atoms with Crippen molar-refractivity contribution in [3.05, 3.63) is 58.9 Å². The third-order valence-corrected chi connectivity index (χ3v) is 4.66. The van der Waals surface area contributed by atoms with Gasteiger partial charge in [-0.15, -0.1) is 0 Å². The van der Waals surface area contributed by atoms with Crippen LogP contribution in [-0.2, 0) is 16.0 Å². The van der Waals surface area contributed by atoms with Crippen LogP contribution in [0.2, 0.25) is 5.02 Å². The van der Waals surface area contributed by atoms with Crippen LogP contribution in [0, 0.1) is 5.82 Å². The fourth-order valence-corrected chi connectivity index (χ4v) is 3.15. The van der Waals surface area contributed by atoms with E-state index in [9.17, 15) is 14.0 Å². The Morgan fingerprint density at radius 2 is 2.04 bits per heavy atom. The molecule has 0 radical (unpaired) electrons. The topological polar surface area (TPSA) is 58.6 Å². The van der Waals surface area contributed by atoms with Gasteiger partial charge in [-0.05, 0) is 30.7 Å². The number of ether oxygens (including phenoxy) is 1. The molecule has 0 saturated carbocycles. The highest BCUT2D eigenvalue weighted by molar-refractivity contribution is 6.31. The third-order valence-electron chi connectivity index (χ3n) is 4.31. The molecule has 0 aromatic heterocycles. The Labute approximate surface area is 162 Å². The molecule has 0 aliphatic carbocycles. The third kappa shape index (κ3) is 4.22. The van der Waals surface area contributed by atoms with Gasteiger partial charge < -0.3 is 15.0 Å². The highest BCUT2D eigenvalue weighted by Crippen LogP contribution is 2.34. The van der Waals surface area contributed by atoms with Gasteiger partial charge >= 0.3 is 0 Å². The minimum absolute atomic E-state index is 0.0530. The van der Waals surface area contributed by atoms with E-state index in [1.54, 1.807) is 30.3 Å². The lowest BCUT2D eigenvalue weighted by molar-refractivity contribution is -0.128. The normalized spacial score (nSPS) is 15.7. The molecular formula is C20H20ClFN2O3. The summed E-state index contributed by atoms with van der Waals surface area (Å²) in [5, 5.41) is 2.97. The predicted molar refractivity (Wildman–Crippen MR) is 102 cm³/mol. The first-order valence-corrected chi connectivity index (χ1v) is 9.15. The largest absolute Gasteiger partial charge is 0.477 e. The molecule has 0 spiro atoms. The summed E-state index contributed by atoms with van der Waals surface area (Å²) in [5.41, 5.74) is 0.689. The lowest BCUT2D eigenvalue weighted by Gasteiger charge is -2.34. The Morgan fingerprint density at radius 1 is 1.26 bits per heavy atom. The Morgan fingerprint density at radius 3 is 2.78 bits per heavy atom. The van der Waals surface area contributed by atoms with Gasteiger partial charge in [0.1, 0.15) is 11.6 Å². The van der Waals surface area contributed by atoms with Gasteiger partial charge in [0.15, 0.2) is 6.10 Å². The van der Waals surface area contributed by atoms with E-state index in [-0.39, 0.29) is 35.4 Å². The fourth-order valence-electron chi connectivity index (χ4n) is 2.92. The Kier molecular flexibility index (Phi) is 5.96. The summed E-state index contributed by atoms with van der Waals surface area (Å²) in [6.45, 7) is 2.53. The van der Waals surface area contributed by atoms with Gasteiger partial charge in [0.2, 0.25) is 5.91 Å². The zero-order valence-corrected chi connectivity index (χ0v) is 15.6. The molecule has 0 saturated heterocycles. The van der Waals surface area contributed by atoms with Gasteiger partial charge in [-0.25, -0.2) is 4.39 Å². The quantitative estimate of drug-likeness (QED) is 0.851. The van der Waals surface area contributed by atoms with Crippen LogP contribution in [-0.4, -0.2) is 31.0 Å². The first kappa shape index (κ1) is 19.2. The number of fused-ring (bicyclic) bond motifs is 1. The van der Waals surface area contributed by atoms with E-state index < -0.39 is 11.9 Å². The van der Waals surface area contributed by atoms with Crippen LogP contribution < -0.4 is 15.0 Å². The molecule has 2 aromatic carbocycles. The smallest absolute Gasteiger partial charge is 0.262 e. The van der Waals surface area contributed by atoms with E-state index >= 15 is 0 Å². The number of rotatable bonds is 5. The molecule has 2 aromatic rings. The second-order valence-corrected chi connectivity index (χ2v) is 6.65. The highest BCUT2D eigenvalue weighted by Gasteiger charge is 2.33. The van der Waals surface area contributed by atoms with Crippen LogP contribution in [0.5, 0.6) is 5.75 Å². The van der Waals surface area contributed by atoms with Gasteiger partial charge in [0.05, 0.1) is 18.7 Å². The van der Waals surface area contributed by atoms with Crippen LogP contribution in [0.25, 0.3) is 0 Å². The SMILES string of the molecule is CCCNC(=O)[C@@H]1CN(C(=O)Cc2c(F)cccc2Cl)c2ccccc2O1. The Hall–Kier alpha value is -2.60. The summed E-state index contributed by atoms with van der Waals surface area (Å²) in [7, 11) is 0. The lowest BCUT2D eigenvalue weighted by atomic mass is 10.1. The first-order valence-electron chi connectivity index (χ1n) is 8.78. The van der Waals surface area contributed by atoms with Crippen LogP contribution in [0.15, 0.2) is 42.5 Å².